The fourth-order valence-electron chi connectivity index (χ4n) is 6.71. The van der Waals surface area contributed by atoms with Crippen molar-refractivity contribution >= 4 is 54.6 Å². The Bertz CT molecular complexity index is 2560. The summed E-state index contributed by atoms with van der Waals surface area (Å²) in [6.07, 6.45) is 7.70. The topological polar surface area (TPSA) is 43.8 Å². The molecule has 0 radical (unpaired) electrons. The summed E-state index contributed by atoms with van der Waals surface area (Å²) in [5.74, 6) is 1.22. The van der Waals surface area contributed by atoms with Crippen LogP contribution in [0.1, 0.15) is 11.1 Å². The van der Waals surface area contributed by atoms with Gasteiger partial charge in [0.05, 0.1) is 11.3 Å². The predicted octanol–water partition coefficient (Wildman–Crippen LogP) is 9.27. The SMILES string of the molecule is Cc1cccc(C)c1-c1cccc2c3ccc(Oc4[c-]c5c(cc4)c4ccccc4n4ccnc54)[c-]c3c3nccn3c12.[Pt+2]. The molecule has 0 aliphatic rings. The van der Waals surface area contributed by atoms with Crippen LogP contribution in [0.25, 0.3) is 65.8 Å². The molecule has 0 aliphatic heterocycles. The van der Waals surface area contributed by atoms with Crippen molar-refractivity contribution < 1.29 is 25.8 Å². The number of ether oxygens (including phenoxy) is 1. The van der Waals surface area contributed by atoms with Crippen LogP contribution in [-0.2, 0) is 21.1 Å². The van der Waals surface area contributed by atoms with Crippen molar-refractivity contribution in [3.05, 3.63) is 133 Å². The second-order valence-corrected chi connectivity index (χ2v) is 11.1. The molecular formula is C38H24N4OPt. The average molecular weight is 748 g/mol. The molecule has 9 rings (SSSR count). The Morgan fingerprint density at radius 3 is 1.91 bits per heavy atom. The van der Waals surface area contributed by atoms with Gasteiger partial charge in [0.1, 0.15) is 0 Å². The molecule has 0 saturated carbocycles. The summed E-state index contributed by atoms with van der Waals surface area (Å²) in [6.45, 7) is 4.35. The van der Waals surface area contributed by atoms with Crippen molar-refractivity contribution in [1.82, 2.24) is 18.8 Å². The van der Waals surface area contributed by atoms with E-state index in [1.807, 2.05) is 36.9 Å². The molecule has 0 N–H and O–H groups in total. The van der Waals surface area contributed by atoms with Crippen LogP contribution in [0.15, 0.2) is 110 Å². The van der Waals surface area contributed by atoms with Crippen molar-refractivity contribution in [2.75, 3.05) is 0 Å². The van der Waals surface area contributed by atoms with Crippen LogP contribution >= 0.6 is 0 Å². The summed E-state index contributed by atoms with van der Waals surface area (Å²) in [6, 6.07) is 36.6. The van der Waals surface area contributed by atoms with Gasteiger partial charge in [-0.05, 0) is 47.4 Å². The summed E-state index contributed by atoms with van der Waals surface area (Å²) < 4.78 is 10.7. The monoisotopic (exact) mass is 747 g/mol. The first-order valence-corrected chi connectivity index (χ1v) is 14.3. The van der Waals surface area contributed by atoms with Crippen molar-refractivity contribution in [2.24, 2.45) is 0 Å². The third-order valence-electron chi connectivity index (χ3n) is 8.56. The molecule has 5 aromatic carbocycles. The van der Waals surface area contributed by atoms with Gasteiger partial charge in [0.25, 0.3) is 0 Å². The zero-order valence-corrected chi connectivity index (χ0v) is 26.2. The van der Waals surface area contributed by atoms with E-state index in [0.29, 0.717) is 11.5 Å². The van der Waals surface area contributed by atoms with E-state index < -0.39 is 0 Å². The number of benzene rings is 5. The Hall–Kier alpha value is -4.99. The van der Waals surface area contributed by atoms with Gasteiger partial charge in [-0.1, -0.05) is 100 Å². The number of hydrogen-bond donors (Lipinski definition) is 0. The number of para-hydroxylation sites is 2. The molecule has 0 saturated heterocycles. The van der Waals surface area contributed by atoms with E-state index in [-0.39, 0.29) is 21.1 Å². The number of pyridine rings is 2. The van der Waals surface area contributed by atoms with Crippen molar-refractivity contribution in [3.8, 4) is 22.6 Å². The van der Waals surface area contributed by atoms with E-state index >= 15 is 0 Å². The smallest absolute Gasteiger partial charge is 0.497 e. The van der Waals surface area contributed by atoms with Crippen LogP contribution in [0.4, 0.5) is 0 Å². The molecular weight excluding hydrogens is 724 g/mol. The van der Waals surface area contributed by atoms with Gasteiger partial charge in [-0.3, -0.25) is 9.97 Å². The summed E-state index contributed by atoms with van der Waals surface area (Å²) in [4.78, 5) is 9.42. The molecule has 212 valence electrons. The zero-order chi connectivity index (χ0) is 28.7. The van der Waals surface area contributed by atoms with Gasteiger partial charge >= 0.3 is 21.1 Å². The second kappa shape index (κ2) is 10.0. The molecule has 0 bridgehead atoms. The largest absolute Gasteiger partial charge is 2.00 e. The molecule has 0 unspecified atom stereocenters. The molecule has 0 spiro atoms. The Kier molecular flexibility index (Phi) is 6.07. The van der Waals surface area contributed by atoms with E-state index in [4.69, 9.17) is 9.72 Å². The third kappa shape index (κ3) is 3.82. The number of fused-ring (bicyclic) bond motifs is 12. The third-order valence-corrected chi connectivity index (χ3v) is 8.56. The molecule has 0 atom stereocenters. The minimum atomic E-state index is 0. The number of aromatic nitrogens is 4. The van der Waals surface area contributed by atoms with Crippen LogP contribution in [-0.4, -0.2) is 18.8 Å². The van der Waals surface area contributed by atoms with Crippen LogP contribution in [0.3, 0.4) is 0 Å². The normalized spacial score (nSPS) is 11.7. The maximum absolute atomic E-state index is 6.41. The van der Waals surface area contributed by atoms with E-state index in [0.717, 1.165) is 54.6 Å². The van der Waals surface area contributed by atoms with Crippen LogP contribution < -0.4 is 4.74 Å². The van der Waals surface area contributed by atoms with E-state index in [1.54, 1.807) is 0 Å². The van der Waals surface area contributed by atoms with Gasteiger partial charge in [-0.25, -0.2) is 0 Å². The number of rotatable bonds is 3. The van der Waals surface area contributed by atoms with Gasteiger partial charge in [0.15, 0.2) is 0 Å². The predicted molar refractivity (Wildman–Crippen MR) is 173 cm³/mol. The maximum atomic E-state index is 6.41. The average Bonchev–Trinajstić information content (AvgIpc) is 3.72. The molecule has 0 fully saturated rings. The summed E-state index contributed by atoms with van der Waals surface area (Å²) in [5, 5.41) is 6.31. The number of imidazole rings is 2. The van der Waals surface area contributed by atoms with Gasteiger partial charge < -0.3 is 13.5 Å². The second-order valence-electron chi connectivity index (χ2n) is 11.1. The Morgan fingerprint density at radius 2 is 1.18 bits per heavy atom. The molecule has 0 amide bonds. The molecule has 4 aromatic heterocycles. The van der Waals surface area contributed by atoms with Crippen molar-refractivity contribution in [3.63, 3.8) is 0 Å². The first-order valence-electron chi connectivity index (χ1n) is 14.3. The molecule has 44 heavy (non-hydrogen) atoms. The summed E-state index contributed by atoms with van der Waals surface area (Å²) in [7, 11) is 0. The zero-order valence-electron chi connectivity index (χ0n) is 23.9. The molecule has 5 nitrogen and oxygen atoms in total. The first-order chi connectivity index (χ1) is 21.2. The molecule has 9 aromatic rings. The fraction of sp³-hybridized carbons (Fsp3) is 0.0526. The van der Waals surface area contributed by atoms with Crippen LogP contribution in [0, 0.1) is 26.0 Å². The number of nitrogens with zero attached hydrogens (tertiary/aromatic N) is 4. The van der Waals surface area contributed by atoms with Crippen LogP contribution in [0.2, 0.25) is 0 Å². The Labute approximate surface area is 267 Å². The molecule has 0 aliphatic carbocycles. The van der Waals surface area contributed by atoms with Gasteiger partial charge in [0.2, 0.25) is 0 Å². The molecule has 6 heteroatoms. The number of aryl methyl sites for hydroxylation is 2. The minimum Gasteiger partial charge on any atom is -0.497 e. The van der Waals surface area contributed by atoms with Crippen molar-refractivity contribution in [1.29, 1.82) is 0 Å². The minimum absolute atomic E-state index is 0. The van der Waals surface area contributed by atoms with Crippen LogP contribution in [0.5, 0.6) is 11.5 Å². The van der Waals surface area contributed by atoms with E-state index in [9.17, 15) is 0 Å². The quantitative estimate of drug-likeness (QED) is 0.134. The molecule has 4 heterocycles. The van der Waals surface area contributed by atoms with E-state index in [2.05, 4.69) is 113 Å². The Balaban J connectivity index is 0.00000289. The standard InChI is InChI=1S/C38H24N4O.Pt/c1-23-7-5-8-24(2)35(23)31-11-6-10-30-28-16-14-26(22-33(28)38-40-18-20-42(38)36(30)31)43-25-13-15-27-29-9-3-4-12-34(29)41-19-17-39-37(41)32(27)21-25;/h3-20H,1-2H3;/q-2;+2. The van der Waals surface area contributed by atoms with Gasteiger partial charge in [-0.15, -0.1) is 12.1 Å². The first kappa shape index (κ1) is 26.6. The van der Waals surface area contributed by atoms with Crippen molar-refractivity contribution in [2.45, 2.75) is 13.8 Å². The summed E-state index contributed by atoms with van der Waals surface area (Å²) in [5.41, 5.74) is 8.92. The fourth-order valence-corrected chi connectivity index (χ4v) is 6.71. The Morgan fingerprint density at radius 1 is 0.591 bits per heavy atom. The van der Waals surface area contributed by atoms with E-state index in [1.165, 1.54) is 22.3 Å². The van der Waals surface area contributed by atoms with Gasteiger partial charge in [0, 0.05) is 52.9 Å². The summed E-state index contributed by atoms with van der Waals surface area (Å²) >= 11 is 0. The van der Waals surface area contributed by atoms with Gasteiger partial charge in [-0.2, -0.15) is 0 Å². The number of hydrogen-bond acceptors (Lipinski definition) is 3. The maximum Gasteiger partial charge on any atom is 2.00 e.